The molecule has 1 aromatic rings. The maximum absolute atomic E-state index is 12.2. The summed E-state index contributed by atoms with van der Waals surface area (Å²) in [6, 6.07) is 3.17. The van der Waals surface area contributed by atoms with Crippen LogP contribution in [0.5, 0.6) is 0 Å². The zero-order valence-corrected chi connectivity index (χ0v) is 12.8. The van der Waals surface area contributed by atoms with Crippen LogP contribution in [0.3, 0.4) is 0 Å². The molecule has 1 aromatic heterocycles. The van der Waals surface area contributed by atoms with Crippen LogP contribution in [-0.4, -0.2) is 46.4 Å². The lowest BCUT2D eigenvalue weighted by Crippen LogP contribution is -2.57. The van der Waals surface area contributed by atoms with E-state index in [0.29, 0.717) is 13.0 Å². The number of rotatable bonds is 5. The van der Waals surface area contributed by atoms with E-state index in [0.717, 1.165) is 12.1 Å². The van der Waals surface area contributed by atoms with Gasteiger partial charge in [-0.3, -0.25) is 19.5 Å². The average molecular weight is 290 g/mol. The van der Waals surface area contributed by atoms with E-state index in [1.54, 1.807) is 12.4 Å². The number of hydrogen-bond donors (Lipinski definition) is 0. The van der Waals surface area contributed by atoms with Crippen LogP contribution in [0.2, 0.25) is 0 Å². The molecule has 2 rings (SSSR count). The van der Waals surface area contributed by atoms with Crippen molar-refractivity contribution in [1.82, 2.24) is 9.88 Å². The molecule has 1 unspecified atom stereocenters. The molecule has 0 aromatic carbocycles. The Bertz CT molecular complexity index is 514. The fourth-order valence-electron chi connectivity index (χ4n) is 2.68. The zero-order valence-electron chi connectivity index (χ0n) is 12.8. The second-order valence-corrected chi connectivity index (χ2v) is 6.03. The predicted molar refractivity (Wildman–Crippen MR) is 78.8 cm³/mol. The number of likely N-dealkylation sites (N-methyl/N-ethyl adjacent to an activating group) is 1. The zero-order chi connectivity index (χ0) is 15.5. The van der Waals surface area contributed by atoms with Gasteiger partial charge < -0.3 is 4.74 Å². The summed E-state index contributed by atoms with van der Waals surface area (Å²) in [7, 11) is 0. The van der Waals surface area contributed by atoms with Gasteiger partial charge in [0.2, 0.25) is 0 Å². The van der Waals surface area contributed by atoms with Gasteiger partial charge >= 0.3 is 5.97 Å². The van der Waals surface area contributed by atoms with E-state index >= 15 is 0 Å². The minimum Gasteiger partial charge on any atom is -0.457 e. The Balaban J connectivity index is 2.00. The van der Waals surface area contributed by atoms with Gasteiger partial charge in [-0.25, -0.2) is 0 Å². The molecule has 2 heterocycles. The van der Waals surface area contributed by atoms with Crippen molar-refractivity contribution in [3.63, 3.8) is 0 Å². The van der Waals surface area contributed by atoms with Crippen LogP contribution in [0.1, 0.15) is 32.8 Å². The Morgan fingerprint density at radius 3 is 2.71 bits per heavy atom. The fraction of sp³-hybridized carbons (Fsp3) is 0.562. The van der Waals surface area contributed by atoms with Crippen molar-refractivity contribution in [2.45, 2.75) is 45.3 Å². The van der Waals surface area contributed by atoms with Crippen LogP contribution in [0, 0.1) is 0 Å². The maximum Gasteiger partial charge on any atom is 0.324 e. The van der Waals surface area contributed by atoms with Gasteiger partial charge in [-0.1, -0.05) is 6.92 Å². The smallest absolute Gasteiger partial charge is 0.324 e. The van der Waals surface area contributed by atoms with Gasteiger partial charge in [-0.05, 0) is 38.1 Å². The second kappa shape index (κ2) is 6.35. The topological polar surface area (TPSA) is 59.5 Å². The fourth-order valence-corrected chi connectivity index (χ4v) is 2.68. The molecule has 1 fully saturated rings. The number of carbonyl (C=O) groups excluding carboxylic acids is 2. The molecule has 1 aliphatic rings. The summed E-state index contributed by atoms with van der Waals surface area (Å²) < 4.78 is 5.43. The number of ether oxygens (including phenoxy) is 1. The molecule has 5 nitrogen and oxygen atoms in total. The van der Waals surface area contributed by atoms with E-state index in [1.807, 2.05) is 37.8 Å². The lowest BCUT2D eigenvalue weighted by molar-refractivity contribution is -0.178. The number of esters is 1. The highest BCUT2D eigenvalue weighted by molar-refractivity contribution is 5.88. The summed E-state index contributed by atoms with van der Waals surface area (Å²) in [6.45, 7) is 7.16. The lowest BCUT2D eigenvalue weighted by atomic mass is 9.98. The first-order valence-electron chi connectivity index (χ1n) is 7.29. The van der Waals surface area contributed by atoms with Gasteiger partial charge in [-0.2, -0.15) is 0 Å². The third kappa shape index (κ3) is 4.11. The Morgan fingerprint density at radius 2 is 2.10 bits per heavy atom. The molecular formula is C16H22N2O3. The van der Waals surface area contributed by atoms with E-state index in [9.17, 15) is 9.59 Å². The number of morpholine rings is 1. The first kappa shape index (κ1) is 15.6. The summed E-state index contributed by atoms with van der Waals surface area (Å²) in [5.74, 6) is -0.252. The predicted octanol–water partition coefficient (Wildman–Crippen LogP) is 1.61. The van der Waals surface area contributed by atoms with E-state index in [2.05, 4.69) is 4.98 Å². The largest absolute Gasteiger partial charge is 0.457 e. The van der Waals surface area contributed by atoms with E-state index in [-0.39, 0.29) is 18.2 Å². The number of carbonyl (C=O) groups is 2. The summed E-state index contributed by atoms with van der Waals surface area (Å²) in [4.78, 5) is 30.3. The van der Waals surface area contributed by atoms with Crippen molar-refractivity contribution in [2.75, 3.05) is 13.1 Å². The van der Waals surface area contributed by atoms with Crippen LogP contribution in [-0.2, 0) is 20.7 Å². The second-order valence-electron chi connectivity index (χ2n) is 6.03. The van der Waals surface area contributed by atoms with E-state index in [4.69, 9.17) is 4.74 Å². The molecule has 0 bridgehead atoms. The molecule has 114 valence electrons. The lowest BCUT2D eigenvalue weighted by Gasteiger charge is -2.41. The number of aromatic nitrogens is 1. The molecule has 21 heavy (non-hydrogen) atoms. The van der Waals surface area contributed by atoms with Crippen molar-refractivity contribution in [2.24, 2.45) is 0 Å². The van der Waals surface area contributed by atoms with Gasteiger partial charge in [-0.15, -0.1) is 0 Å². The SMILES string of the molecule is CCN1CC(C)(C)OC(=O)C1CC(=O)Cc1ccncc1. The molecule has 0 saturated carbocycles. The highest BCUT2D eigenvalue weighted by Crippen LogP contribution is 2.23. The summed E-state index contributed by atoms with van der Waals surface area (Å²) in [6.07, 6.45) is 3.86. The Hall–Kier alpha value is -1.75. The Labute approximate surface area is 125 Å². The molecule has 0 spiro atoms. The monoisotopic (exact) mass is 290 g/mol. The van der Waals surface area contributed by atoms with Gasteiger partial charge in [0.05, 0.1) is 0 Å². The van der Waals surface area contributed by atoms with E-state index < -0.39 is 11.6 Å². The molecule has 0 amide bonds. The van der Waals surface area contributed by atoms with Crippen LogP contribution < -0.4 is 0 Å². The standard InChI is InChI=1S/C16H22N2O3/c1-4-18-11-16(2,3)21-15(20)14(18)10-13(19)9-12-5-7-17-8-6-12/h5-8,14H,4,9-11H2,1-3H3. The summed E-state index contributed by atoms with van der Waals surface area (Å²) in [5, 5.41) is 0. The van der Waals surface area contributed by atoms with Crippen LogP contribution in [0.4, 0.5) is 0 Å². The van der Waals surface area contributed by atoms with Gasteiger partial charge in [0, 0.05) is 31.8 Å². The molecule has 0 radical (unpaired) electrons. The minimum atomic E-state index is -0.488. The number of pyridine rings is 1. The number of Topliss-reactive ketones (excluding diaryl/α,β-unsaturated/α-hetero) is 1. The normalized spacial score (nSPS) is 21.9. The number of cyclic esters (lactones) is 1. The van der Waals surface area contributed by atoms with Crippen molar-refractivity contribution < 1.29 is 14.3 Å². The highest BCUT2D eigenvalue weighted by Gasteiger charge is 2.40. The first-order chi connectivity index (χ1) is 9.91. The first-order valence-corrected chi connectivity index (χ1v) is 7.29. The molecule has 1 atom stereocenters. The van der Waals surface area contributed by atoms with Gasteiger partial charge in [0.15, 0.2) is 0 Å². The third-order valence-electron chi connectivity index (χ3n) is 3.65. The number of ketones is 1. The van der Waals surface area contributed by atoms with Crippen molar-refractivity contribution >= 4 is 11.8 Å². The van der Waals surface area contributed by atoms with Crippen molar-refractivity contribution in [3.05, 3.63) is 30.1 Å². The molecule has 5 heteroatoms. The van der Waals surface area contributed by atoms with Crippen LogP contribution in [0.15, 0.2) is 24.5 Å². The molecule has 1 saturated heterocycles. The van der Waals surface area contributed by atoms with Crippen LogP contribution in [0.25, 0.3) is 0 Å². The van der Waals surface area contributed by atoms with Gasteiger partial charge in [0.1, 0.15) is 17.4 Å². The van der Waals surface area contributed by atoms with Crippen LogP contribution >= 0.6 is 0 Å². The summed E-state index contributed by atoms with van der Waals surface area (Å²) in [5.41, 5.74) is 0.431. The molecule has 0 N–H and O–H groups in total. The number of hydrogen-bond acceptors (Lipinski definition) is 5. The quantitative estimate of drug-likeness (QED) is 0.771. The third-order valence-corrected chi connectivity index (χ3v) is 3.65. The van der Waals surface area contributed by atoms with E-state index in [1.165, 1.54) is 0 Å². The minimum absolute atomic E-state index is 0.0429. The van der Waals surface area contributed by atoms with Gasteiger partial charge in [0.25, 0.3) is 0 Å². The molecule has 1 aliphatic heterocycles. The highest BCUT2D eigenvalue weighted by atomic mass is 16.6. The summed E-state index contributed by atoms with van der Waals surface area (Å²) >= 11 is 0. The maximum atomic E-state index is 12.2. The van der Waals surface area contributed by atoms with Crippen molar-refractivity contribution in [3.8, 4) is 0 Å². The molecular weight excluding hydrogens is 268 g/mol. The molecule has 0 aliphatic carbocycles. The van der Waals surface area contributed by atoms with Crippen molar-refractivity contribution in [1.29, 1.82) is 0 Å². The Kier molecular flexibility index (Phi) is 4.73. The average Bonchev–Trinajstić information content (AvgIpc) is 2.42. The number of nitrogens with zero attached hydrogens (tertiary/aromatic N) is 2. The Morgan fingerprint density at radius 1 is 1.43 bits per heavy atom.